The number of nitrogens with zero attached hydrogens (tertiary/aromatic N) is 1. The molecule has 0 aromatic heterocycles. The molecule has 1 atom stereocenters. The predicted octanol–water partition coefficient (Wildman–Crippen LogP) is 2.75. The number of rotatable bonds is 7. The highest BCUT2D eigenvalue weighted by molar-refractivity contribution is 6.31. The molecule has 0 rings (SSSR count). The molecule has 0 aromatic carbocycles. The molecule has 5 heteroatoms. The number of urea groups is 1. The van der Waals surface area contributed by atoms with Gasteiger partial charge in [-0.1, -0.05) is 26.7 Å². The van der Waals surface area contributed by atoms with Crippen molar-refractivity contribution in [3.8, 4) is 0 Å². The minimum absolute atomic E-state index is 0.329. The Balaban J connectivity index is 4.25. The van der Waals surface area contributed by atoms with Crippen molar-refractivity contribution in [3.63, 3.8) is 0 Å². The summed E-state index contributed by atoms with van der Waals surface area (Å²) < 4.78 is 0. The standard InChI is InChI=1S/C12H23ClN2O2/c1-4-6-8-15(9-7-5-2)12(17)14-11(16)10(3)13/h10H,4-9H2,1-3H3,(H,14,16,17). The molecule has 0 heterocycles. The van der Waals surface area contributed by atoms with E-state index in [1.165, 1.54) is 0 Å². The lowest BCUT2D eigenvalue weighted by Crippen LogP contribution is -2.45. The molecule has 0 radical (unpaired) electrons. The molecule has 0 saturated carbocycles. The van der Waals surface area contributed by atoms with Gasteiger partial charge in [-0.15, -0.1) is 11.6 Å². The molecule has 0 saturated heterocycles. The van der Waals surface area contributed by atoms with Crippen molar-refractivity contribution in [2.75, 3.05) is 13.1 Å². The molecule has 0 spiro atoms. The first kappa shape index (κ1) is 16.2. The Kier molecular flexibility index (Phi) is 8.86. The number of carbonyl (C=O) groups is 2. The third kappa shape index (κ3) is 7.21. The normalized spacial score (nSPS) is 12.0. The summed E-state index contributed by atoms with van der Waals surface area (Å²) >= 11 is 5.60. The Labute approximate surface area is 109 Å². The molecule has 100 valence electrons. The van der Waals surface area contributed by atoms with E-state index in [1.54, 1.807) is 11.8 Å². The van der Waals surface area contributed by atoms with Crippen LogP contribution in [0.15, 0.2) is 0 Å². The smallest absolute Gasteiger partial charge is 0.324 e. The first-order chi connectivity index (χ1) is 8.02. The van der Waals surface area contributed by atoms with Crippen LogP contribution < -0.4 is 5.32 Å². The van der Waals surface area contributed by atoms with Gasteiger partial charge < -0.3 is 4.90 Å². The summed E-state index contributed by atoms with van der Waals surface area (Å²) in [6.07, 6.45) is 3.94. The third-order valence-electron chi connectivity index (χ3n) is 2.44. The molecule has 0 aliphatic rings. The monoisotopic (exact) mass is 262 g/mol. The lowest BCUT2D eigenvalue weighted by molar-refractivity contribution is -0.119. The average Bonchev–Trinajstić information content (AvgIpc) is 2.28. The van der Waals surface area contributed by atoms with E-state index in [-0.39, 0.29) is 6.03 Å². The van der Waals surface area contributed by atoms with Gasteiger partial charge in [0.15, 0.2) is 0 Å². The molecule has 0 aliphatic carbocycles. The molecule has 1 N–H and O–H groups in total. The van der Waals surface area contributed by atoms with Crippen molar-refractivity contribution in [2.45, 2.75) is 51.8 Å². The number of halogens is 1. The maximum absolute atomic E-state index is 11.8. The van der Waals surface area contributed by atoms with E-state index in [1.807, 2.05) is 0 Å². The van der Waals surface area contributed by atoms with Crippen molar-refractivity contribution in [1.82, 2.24) is 10.2 Å². The van der Waals surface area contributed by atoms with E-state index < -0.39 is 11.3 Å². The zero-order chi connectivity index (χ0) is 13.3. The van der Waals surface area contributed by atoms with Crippen LogP contribution >= 0.6 is 11.6 Å². The van der Waals surface area contributed by atoms with E-state index >= 15 is 0 Å². The topological polar surface area (TPSA) is 49.4 Å². The molecule has 1 unspecified atom stereocenters. The van der Waals surface area contributed by atoms with Crippen molar-refractivity contribution >= 4 is 23.5 Å². The van der Waals surface area contributed by atoms with E-state index in [2.05, 4.69) is 19.2 Å². The highest BCUT2D eigenvalue weighted by atomic mass is 35.5. The van der Waals surface area contributed by atoms with E-state index in [0.29, 0.717) is 13.1 Å². The van der Waals surface area contributed by atoms with Crippen molar-refractivity contribution in [2.24, 2.45) is 0 Å². The SMILES string of the molecule is CCCCN(CCCC)C(=O)NC(=O)C(C)Cl. The van der Waals surface area contributed by atoms with Gasteiger partial charge in [0, 0.05) is 13.1 Å². The fraction of sp³-hybridized carbons (Fsp3) is 0.833. The molecule has 3 amide bonds. The van der Waals surface area contributed by atoms with Gasteiger partial charge in [0.2, 0.25) is 5.91 Å². The zero-order valence-corrected chi connectivity index (χ0v) is 11.7. The summed E-state index contributed by atoms with van der Waals surface area (Å²) in [5.41, 5.74) is 0. The number of imide groups is 1. The van der Waals surface area contributed by atoms with Crippen LogP contribution in [0.2, 0.25) is 0 Å². The molecule has 0 aromatic rings. The van der Waals surface area contributed by atoms with Crippen LogP contribution in [0.25, 0.3) is 0 Å². The van der Waals surface area contributed by atoms with Crippen molar-refractivity contribution in [3.05, 3.63) is 0 Å². The molecule has 4 nitrogen and oxygen atoms in total. The Hall–Kier alpha value is -0.770. The Morgan fingerprint density at radius 1 is 1.18 bits per heavy atom. The lowest BCUT2D eigenvalue weighted by atomic mass is 10.3. The quantitative estimate of drug-likeness (QED) is 0.717. The fourth-order valence-electron chi connectivity index (χ4n) is 1.30. The number of amides is 3. The Morgan fingerprint density at radius 2 is 1.65 bits per heavy atom. The number of hydrogen-bond donors (Lipinski definition) is 1. The minimum Gasteiger partial charge on any atom is -0.324 e. The molecular formula is C12H23ClN2O2. The minimum atomic E-state index is -0.682. The highest BCUT2D eigenvalue weighted by Crippen LogP contribution is 2.01. The number of hydrogen-bond acceptors (Lipinski definition) is 2. The first-order valence-electron chi connectivity index (χ1n) is 6.26. The van der Waals surface area contributed by atoms with Crippen LogP contribution in [0, 0.1) is 0 Å². The van der Waals surface area contributed by atoms with Gasteiger partial charge in [0.1, 0.15) is 5.38 Å². The third-order valence-corrected chi connectivity index (χ3v) is 2.64. The van der Waals surface area contributed by atoms with Gasteiger partial charge in [-0.2, -0.15) is 0 Å². The second-order valence-electron chi connectivity index (χ2n) is 4.10. The summed E-state index contributed by atoms with van der Waals surface area (Å²) in [5, 5.41) is 1.63. The lowest BCUT2D eigenvalue weighted by Gasteiger charge is -2.22. The number of carbonyl (C=O) groups excluding carboxylic acids is 2. The van der Waals surface area contributed by atoms with Crippen molar-refractivity contribution < 1.29 is 9.59 Å². The second-order valence-corrected chi connectivity index (χ2v) is 4.76. The number of unbranched alkanes of at least 4 members (excludes halogenated alkanes) is 2. The maximum atomic E-state index is 11.8. The van der Waals surface area contributed by atoms with E-state index in [4.69, 9.17) is 11.6 Å². The van der Waals surface area contributed by atoms with Crippen LogP contribution in [0.1, 0.15) is 46.5 Å². The van der Waals surface area contributed by atoms with Gasteiger partial charge in [-0.05, 0) is 19.8 Å². The van der Waals surface area contributed by atoms with Crippen LogP contribution in [0.3, 0.4) is 0 Å². The summed E-state index contributed by atoms with van der Waals surface area (Å²) in [5.74, 6) is -0.435. The first-order valence-corrected chi connectivity index (χ1v) is 6.70. The number of alkyl halides is 1. The fourth-order valence-corrected chi connectivity index (χ4v) is 1.35. The number of nitrogens with one attached hydrogen (secondary N) is 1. The largest absolute Gasteiger partial charge is 0.324 e. The summed E-state index contributed by atoms with van der Waals surface area (Å²) in [4.78, 5) is 24.8. The summed E-state index contributed by atoms with van der Waals surface area (Å²) in [7, 11) is 0. The Morgan fingerprint density at radius 3 is 2.00 bits per heavy atom. The molecule has 0 aliphatic heterocycles. The maximum Gasteiger partial charge on any atom is 0.324 e. The van der Waals surface area contributed by atoms with Gasteiger partial charge >= 0.3 is 6.03 Å². The molecule has 0 fully saturated rings. The van der Waals surface area contributed by atoms with Crippen molar-refractivity contribution in [1.29, 1.82) is 0 Å². The van der Waals surface area contributed by atoms with Gasteiger partial charge in [-0.25, -0.2) is 4.79 Å². The second kappa shape index (κ2) is 9.28. The average molecular weight is 263 g/mol. The Bertz CT molecular complexity index is 237. The van der Waals surface area contributed by atoms with E-state index in [0.717, 1.165) is 25.7 Å². The summed E-state index contributed by atoms with van der Waals surface area (Å²) in [6.45, 7) is 7.06. The zero-order valence-electron chi connectivity index (χ0n) is 11.0. The highest BCUT2D eigenvalue weighted by Gasteiger charge is 2.17. The summed E-state index contributed by atoms with van der Waals surface area (Å²) in [6, 6.07) is -0.329. The molecule has 0 bridgehead atoms. The van der Waals surface area contributed by atoms with Crippen LogP contribution in [-0.4, -0.2) is 35.3 Å². The van der Waals surface area contributed by atoms with Gasteiger partial charge in [-0.3, -0.25) is 10.1 Å². The van der Waals surface area contributed by atoms with Crippen LogP contribution in [-0.2, 0) is 4.79 Å². The van der Waals surface area contributed by atoms with Crippen LogP contribution in [0.4, 0.5) is 4.79 Å². The van der Waals surface area contributed by atoms with Gasteiger partial charge in [0.25, 0.3) is 0 Å². The molecular weight excluding hydrogens is 240 g/mol. The molecule has 17 heavy (non-hydrogen) atoms. The van der Waals surface area contributed by atoms with Gasteiger partial charge in [0.05, 0.1) is 0 Å². The predicted molar refractivity (Wildman–Crippen MR) is 70.2 cm³/mol. The van der Waals surface area contributed by atoms with E-state index in [9.17, 15) is 9.59 Å². The van der Waals surface area contributed by atoms with Crippen LogP contribution in [0.5, 0.6) is 0 Å².